The van der Waals surface area contributed by atoms with Crippen LogP contribution in [0.4, 0.5) is 0 Å². The van der Waals surface area contributed by atoms with Crippen molar-refractivity contribution in [2.75, 3.05) is 19.7 Å². The zero-order chi connectivity index (χ0) is 21.5. The Morgan fingerprint density at radius 2 is 1.71 bits per heavy atom. The number of hydrogen-bond donors (Lipinski definition) is 0. The van der Waals surface area contributed by atoms with E-state index in [1.807, 2.05) is 24.3 Å². The molecule has 1 saturated carbocycles. The van der Waals surface area contributed by atoms with Crippen molar-refractivity contribution in [2.24, 2.45) is 11.8 Å². The average Bonchev–Trinajstić information content (AvgIpc) is 3.44. The molecular formula is C25H26Cl3NO2. The van der Waals surface area contributed by atoms with E-state index in [0.717, 1.165) is 54.4 Å². The summed E-state index contributed by atoms with van der Waals surface area (Å²) in [6.45, 7) is 2.30. The molecule has 3 fully saturated rings. The maximum absolute atomic E-state index is 13.1. The number of benzene rings is 2. The second-order valence-corrected chi connectivity index (χ2v) is 10.4. The van der Waals surface area contributed by atoms with Crippen molar-refractivity contribution in [3.05, 3.63) is 68.7 Å². The number of likely N-dealkylation sites (tertiary alicyclic amines) is 1. The van der Waals surface area contributed by atoms with Crippen molar-refractivity contribution >= 4 is 40.7 Å². The molecule has 1 amide bonds. The quantitative estimate of drug-likeness (QED) is 0.500. The molecule has 0 aromatic heterocycles. The van der Waals surface area contributed by atoms with Gasteiger partial charge < -0.3 is 9.64 Å². The number of ether oxygens (including phenoxy) is 1. The molecule has 6 heteroatoms. The molecule has 3 aliphatic rings. The van der Waals surface area contributed by atoms with Gasteiger partial charge in [-0.2, -0.15) is 0 Å². The number of halogens is 3. The van der Waals surface area contributed by atoms with Gasteiger partial charge in [0.15, 0.2) is 0 Å². The normalized spacial score (nSPS) is 30.4. The molecule has 2 heterocycles. The lowest BCUT2D eigenvalue weighted by molar-refractivity contribution is -0.140. The zero-order valence-electron chi connectivity index (χ0n) is 17.3. The minimum atomic E-state index is -0.254. The molecule has 0 radical (unpaired) electrons. The zero-order valence-corrected chi connectivity index (χ0v) is 19.5. The Morgan fingerprint density at radius 1 is 0.935 bits per heavy atom. The fraction of sp³-hybridized carbons (Fsp3) is 0.480. The summed E-state index contributed by atoms with van der Waals surface area (Å²) in [5.74, 6) is 1.61. The Hall–Kier alpha value is -1.26. The third-order valence-electron chi connectivity index (χ3n) is 7.37. The summed E-state index contributed by atoms with van der Waals surface area (Å²) >= 11 is 19.0. The van der Waals surface area contributed by atoms with Gasteiger partial charge in [-0.15, -0.1) is 0 Å². The highest BCUT2D eigenvalue weighted by Crippen LogP contribution is 2.53. The molecule has 2 aromatic carbocycles. The molecule has 3 nitrogen and oxygen atoms in total. The molecule has 5 atom stereocenters. The molecule has 1 aliphatic carbocycles. The van der Waals surface area contributed by atoms with Crippen LogP contribution in [0.2, 0.25) is 15.1 Å². The van der Waals surface area contributed by atoms with Crippen molar-refractivity contribution in [1.82, 2.24) is 4.90 Å². The van der Waals surface area contributed by atoms with E-state index in [2.05, 4.69) is 23.1 Å². The highest BCUT2D eigenvalue weighted by atomic mass is 35.5. The van der Waals surface area contributed by atoms with Crippen LogP contribution in [0.1, 0.15) is 48.6 Å². The predicted molar refractivity (Wildman–Crippen MR) is 125 cm³/mol. The van der Waals surface area contributed by atoms with Gasteiger partial charge in [0.25, 0.3) is 5.91 Å². The van der Waals surface area contributed by atoms with E-state index in [0.29, 0.717) is 23.5 Å². The third kappa shape index (κ3) is 4.23. The van der Waals surface area contributed by atoms with Crippen LogP contribution in [-0.4, -0.2) is 36.6 Å². The first-order valence-electron chi connectivity index (χ1n) is 11.1. The minimum Gasteiger partial charge on any atom is -0.368 e. The van der Waals surface area contributed by atoms with Crippen molar-refractivity contribution in [2.45, 2.75) is 43.6 Å². The van der Waals surface area contributed by atoms with E-state index < -0.39 is 0 Å². The van der Waals surface area contributed by atoms with Gasteiger partial charge in [-0.05, 0) is 84.7 Å². The van der Waals surface area contributed by atoms with Crippen LogP contribution in [0, 0.1) is 11.8 Å². The van der Waals surface area contributed by atoms with Crippen molar-refractivity contribution in [3.8, 4) is 0 Å². The number of nitrogens with zero attached hydrogens (tertiary/aromatic N) is 1. The van der Waals surface area contributed by atoms with Crippen molar-refractivity contribution in [3.63, 3.8) is 0 Å². The van der Waals surface area contributed by atoms with Crippen LogP contribution >= 0.6 is 34.8 Å². The van der Waals surface area contributed by atoms with Crippen LogP contribution in [0.15, 0.2) is 42.5 Å². The molecule has 0 bridgehead atoms. The van der Waals surface area contributed by atoms with Gasteiger partial charge in [0.2, 0.25) is 0 Å². The number of fused-ring (bicyclic) bond motifs is 1. The van der Waals surface area contributed by atoms with E-state index >= 15 is 0 Å². The summed E-state index contributed by atoms with van der Waals surface area (Å²) in [6, 6.07) is 14.0. The summed E-state index contributed by atoms with van der Waals surface area (Å²) in [5, 5.41) is 2.11. The monoisotopic (exact) mass is 477 g/mol. The summed E-state index contributed by atoms with van der Waals surface area (Å²) in [5.41, 5.74) is 2.41. The van der Waals surface area contributed by atoms with Gasteiger partial charge >= 0.3 is 0 Å². The Balaban J connectivity index is 1.48. The number of hydrogen-bond acceptors (Lipinski definition) is 2. The first-order chi connectivity index (χ1) is 15.0. The maximum atomic E-state index is 13.1. The van der Waals surface area contributed by atoms with Crippen molar-refractivity contribution < 1.29 is 9.53 Å². The molecule has 2 saturated heterocycles. The fourth-order valence-electron chi connectivity index (χ4n) is 5.95. The molecule has 2 aromatic rings. The van der Waals surface area contributed by atoms with E-state index in [1.54, 1.807) is 0 Å². The molecule has 164 valence electrons. The first kappa shape index (κ1) is 21.6. The van der Waals surface area contributed by atoms with Gasteiger partial charge in [0.1, 0.15) is 6.10 Å². The average molecular weight is 479 g/mol. The lowest BCUT2D eigenvalue weighted by Crippen LogP contribution is -2.37. The van der Waals surface area contributed by atoms with E-state index in [-0.39, 0.29) is 23.8 Å². The standard InChI is InChI=1S/C25H26Cl3NO2/c26-17-6-3-15(4-7-17)24-20(19-10-8-18(27)12-22(19)28)9-5-16-13-29(14-21(16)24)25(30)23-2-1-11-31-23/h3-4,6-8,10,12,16,20-21,23-24H,1-2,5,9,11,13-14H2. The lowest BCUT2D eigenvalue weighted by Gasteiger charge is -2.40. The number of amides is 1. The van der Waals surface area contributed by atoms with Gasteiger partial charge in [0, 0.05) is 34.8 Å². The SMILES string of the molecule is O=C(C1CCCO1)N1CC2CCC(c3ccc(Cl)cc3Cl)C(c3ccc(Cl)cc3)C2C1. The Labute approximate surface area is 198 Å². The summed E-state index contributed by atoms with van der Waals surface area (Å²) in [4.78, 5) is 15.1. The first-order valence-corrected chi connectivity index (χ1v) is 12.3. The fourth-order valence-corrected chi connectivity index (χ4v) is 6.63. The molecular weight excluding hydrogens is 453 g/mol. The van der Waals surface area contributed by atoms with E-state index in [4.69, 9.17) is 39.5 Å². The molecule has 0 N–H and O–H groups in total. The molecule has 31 heavy (non-hydrogen) atoms. The Morgan fingerprint density at radius 3 is 2.42 bits per heavy atom. The van der Waals surface area contributed by atoms with Crippen LogP contribution in [0.5, 0.6) is 0 Å². The highest BCUT2D eigenvalue weighted by Gasteiger charge is 2.47. The molecule has 5 rings (SSSR count). The number of rotatable bonds is 3. The van der Waals surface area contributed by atoms with Crippen LogP contribution in [-0.2, 0) is 9.53 Å². The molecule has 5 unspecified atom stereocenters. The van der Waals surface area contributed by atoms with Gasteiger partial charge in [-0.3, -0.25) is 4.79 Å². The predicted octanol–water partition coefficient (Wildman–Crippen LogP) is 6.56. The lowest BCUT2D eigenvalue weighted by atomic mass is 9.63. The van der Waals surface area contributed by atoms with Gasteiger partial charge in [-0.1, -0.05) is 53.0 Å². The Bertz CT molecular complexity index is 958. The van der Waals surface area contributed by atoms with E-state index in [1.165, 1.54) is 5.56 Å². The van der Waals surface area contributed by atoms with Crippen LogP contribution in [0.3, 0.4) is 0 Å². The van der Waals surface area contributed by atoms with Gasteiger partial charge in [0.05, 0.1) is 0 Å². The summed E-state index contributed by atoms with van der Waals surface area (Å²) in [6.07, 6.45) is 3.69. The van der Waals surface area contributed by atoms with Crippen LogP contribution < -0.4 is 0 Å². The van der Waals surface area contributed by atoms with E-state index in [9.17, 15) is 4.79 Å². The third-order valence-corrected chi connectivity index (χ3v) is 8.18. The second kappa shape index (κ2) is 8.94. The number of carbonyl (C=O) groups excluding carboxylic acids is 1. The second-order valence-electron chi connectivity index (χ2n) is 9.10. The molecule has 2 aliphatic heterocycles. The Kier molecular flexibility index (Phi) is 6.22. The highest BCUT2D eigenvalue weighted by molar-refractivity contribution is 6.35. The minimum absolute atomic E-state index is 0.169. The molecule has 0 spiro atoms. The summed E-state index contributed by atoms with van der Waals surface area (Å²) < 4.78 is 5.69. The number of carbonyl (C=O) groups is 1. The topological polar surface area (TPSA) is 29.5 Å². The van der Waals surface area contributed by atoms with Crippen molar-refractivity contribution in [1.29, 1.82) is 0 Å². The van der Waals surface area contributed by atoms with Gasteiger partial charge in [-0.25, -0.2) is 0 Å². The summed E-state index contributed by atoms with van der Waals surface area (Å²) in [7, 11) is 0. The largest absolute Gasteiger partial charge is 0.368 e. The smallest absolute Gasteiger partial charge is 0.251 e. The maximum Gasteiger partial charge on any atom is 0.251 e. The van der Waals surface area contributed by atoms with Crippen LogP contribution in [0.25, 0.3) is 0 Å².